The third-order valence-corrected chi connectivity index (χ3v) is 2.50. The van der Waals surface area contributed by atoms with Crippen molar-refractivity contribution < 1.29 is 17.6 Å². The van der Waals surface area contributed by atoms with Crippen molar-refractivity contribution in [1.82, 2.24) is 5.32 Å². The zero-order valence-electron chi connectivity index (χ0n) is 9.81. The van der Waals surface area contributed by atoms with Gasteiger partial charge in [-0.2, -0.15) is 13.2 Å². The highest BCUT2D eigenvalue weighted by Crippen LogP contribution is 2.31. The van der Waals surface area contributed by atoms with Gasteiger partial charge in [-0.05, 0) is 24.1 Å². The van der Waals surface area contributed by atoms with E-state index in [1.165, 1.54) is 6.07 Å². The number of alkyl halides is 3. The summed E-state index contributed by atoms with van der Waals surface area (Å²) in [6, 6.07) is 2.72. The number of halogens is 4. The summed E-state index contributed by atoms with van der Waals surface area (Å²) in [6.45, 7) is 2.04. The Bertz CT molecular complexity index is 445. The minimum Gasteiger partial charge on any atom is -0.300 e. The van der Waals surface area contributed by atoms with Gasteiger partial charge in [-0.15, -0.1) is 6.42 Å². The Morgan fingerprint density at radius 3 is 2.56 bits per heavy atom. The first-order valence-corrected chi connectivity index (χ1v) is 5.43. The molecule has 0 aliphatic rings. The van der Waals surface area contributed by atoms with Crippen LogP contribution in [0.5, 0.6) is 0 Å². The molecule has 1 aromatic rings. The van der Waals surface area contributed by atoms with Crippen molar-refractivity contribution in [3.05, 3.63) is 35.1 Å². The fraction of sp³-hybridized carbons (Fsp3) is 0.385. The molecule has 1 N–H and O–H groups in total. The lowest BCUT2D eigenvalue weighted by Crippen LogP contribution is -2.26. The lowest BCUT2D eigenvalue weighted by Gasteiger charge is -2.13. The molecule has 0 aromatic heterocycles. The van der Waals surface area contributed by atoms with E-state index in [1.807, 2.05) is 6.92 Å². The van der Waals surface area contributed by atoms with Gasteiger partial charge in [0.2, 0.25) is 0 Å². The van der Waals surface area contributed by atoms with Crippen molar-refractivity contribution >= 4 is 0 Å². The molecule has 1 nitrogen and oxygen atoms in total. The SMILES string of the molecule is C#CC(CC)NCc1ccc(F)c(C(F)(F)F)c1. The molecule has 1 atom stereocenters. The summed E-state index contributed by atoms with van der Waals surface area (Å²) in [6.07, 6.45) is 1.20. The monoisotopic (exact) mass is 259 g/mol. The smallest absolute Gasteiger partial charge is 0.300 e. The Morgan fingerprint density at radius 2 is 2.06 bits per heavy atom. The maximum Gasteiger partial charge on any atom is 0.419 e. The van der Waals surface area contributed by atoms with Gasteiger partial charge >= 0.3 is 6.18 Å². The van der Waals surface area contributed by atoms with Crippen LogP contribution in [-0.2, 0) is 12.7 Å². The topological polar surface area (TPSA) is 12.0 Å². The molecule has 0 saturated carbocycles. The number of benzene rings is 1. The van der Waals surface area contributed by atoms with Gasteiger partial charge in [-0.25, -0.2) is 4.39 Å². The van der Waals surface area contributed by atoms with E-state index in [9.17, 15) is 17.6 Å². The Balaban J connectivity index is 2.84. The van der Waals surface area contributed by atoms with E-state index < -0.39 is 17.6 Å². The fourth-order valence-corrected chi connectivity index (χ4v) is 1.46. The zero-order valence-corrected chi connectivity index (χ0v) is 9.81. The summed E-state index contributed by atoms with van der Waals surface area (Å²) < 4.78 is 50.4. The van der Waals surface area contributed by atoms with Crippen LogP contribution in [0.3, 0.4) is 0 Å². The van der Waals surface area contributed by atoms with E-state index in [1.54, 1.807) is 0 Å². The molecule has 0 radical (unpaired) electrons. The zero-order chi connectivity index (χ0) is 13.8. The summed E-state index contributed by atoms with van der Waals surface area (Å²) in [4.78, 5) is 0. The fourth-order valence-electron chi connectivity index (χ4n) is 1.46. The molecule has 0 aliphatic heterocycles. The highest BCUT2D eigenvalue weighted by molar-refractivity contribution is 5.27. The minimum atomic E-state index is -4.68. The van der Waals surface area contributed by atoms with Gasteiger partial charge < -0.3 is 0 Å². The quantitative estimate of drug-likeness (QED) is 0.646. The van der Waals surface area contributed by atoms with Crippen molar-refractivity contribution in [2.24, 2.45) is 0 Å². The van der Waals surface area contributed by atoms with E-state index in [4.69, 9.17) is 6.42 Å². The van der Waals surface area contributed by atoms with Crippen LogP contribution in [0.25, 0.3) is 0 Å². The standard InChI is InChI=1S/C13H13F4N/c1-3-10(4-2)18-8-9-5-6-12(14)11(7-9)13(15,16)17/h1,5-7,10,18H,4,8H2,2H3. The molecule has 0 heterocycles. The van der Waals surface area contributed by atoms with E-state index in [-0.39, 0.29) is 12.6 Å². The summed E-state index contributed by atoms with van der Waals surface area (Å²) in [5.74, 6) is 1.20. The van der Waals surface area contributed by atoms with E-state index in [2.05, 4.69) is 11.2 Å². The van der Waals surface area contributed by atoms with Crippen LogP contribution < -0.4 is 5.32 Å². The van der Waals surface area contributed by atoms with Crippen LogP contribution in [0.4, 0.5) is 17.6 Å². The second kappa shape index (κ2) is 5.87. The molecule has 5 heteroatoms. The average Bonchev–Trinajstić information content (AvgIpc) is 2.31. The van der Waals surface area contributed by atoms with Crippen molar-refractivity contribution in [3.63, 3.8) is 0 Å². The molecule has 1 unspecified atom stereocenters. The van der Waals surface area contributed by atoms with Gasteiger partial charge in [-0.1, -0.05) is 18.9 Å². The van der Waals surface area contributed by atoms with E-state index in [0.29, 0.717) is 12.0 Å². The van der Waals surface area contributed by atoms with Crippen molar-refractivity contribution in [2.45, 2.75) is 32.1 Å². The normalized spacial score (nSPS) is 13.1. The van der Waals surface area contributed by atoms with Crippen LogP contribution in [0.15, 0.2) is 18.2 Å². The number of rotatable bonds is 4. The molecule has 1 rings (SSSR count). The average molecular weight is 259 g/mol. The number of terminal acetylenes is 1. The molecule has 18 heavy (non-hydrogen) atoms. The molecule has 1 aromatic carbocycles. The van der Waals surface area contributed by atoms with Gasteiger partial charge in [0.15, 0.2) is 0 Å². The van der Waals surface area contributed by atoms with Gasteiger partial charge in [0.25, 0.3) is 0 Å². The molecule has 0 saturated heterocycles. The van der Waals surface area contributed by atoms with E-state index >= 15 is 0 Å². The Hall–Kier alpha value is -1.54. The molecule has 0 fully saturated rings. The van der Waals surface area contributed by atoms with Crippen molar-refractivity contribution in [2.75, 3.05) is 0 Å². The van der Waals surface area contributed by atoms with Crippen LogP contribution in [-0.4, -0.2) is 6.04 Å². The minimum absolute atomic E-state index is 0.173. The van der Waals surface area contributed by atoms with Gasteiger partial charge in [-0.3, -0.25) is 5.32 Å². The Kier molecular flexibility index (Phi) is 4.74. The first-order chi connectivity index (χ1) is 8.38. The highest BCUT2D eigenvalue weighted by Gasteiger charge is 2.34. The van der Waals surface area contributed by atoms with Crippen molar-refractivity contribution in [3.8, 4) is 12.3 Å². The summed E-state index contributed by atoms with van der Waals surface area (Å²) >= 11 is 0. The Labute approximate surface area is 103 Å². The van der Waals surface area contributed by atoms with Gasteiger partial charge in [0.05, 0.1) is 11.6 Å². The van der Waals surface area contributed by atoms with Gasteiger partial charge in [0, 0.05) is 6.54 Å². The van der Waals surface area contributed by atoms with Crippen LogP contribution >= 0.6 is 0 Å². The third-order valence-electron chi connectivity index (χ3n) is 2.50. The van der Waals surface area contributed by atoms with Crippen LogP contribution in [0, 0.1) is 18.2 Å². The first kappa shape index (κ1) is 14.5. The summed E-state index contributed by atoms with van der Waals surface area (Å²) in [5, 5.41) is 2.91. The highest BCUT2D eigenvalue weighted by atomic mass is 19.4. The largest absolute Gasteiger partial charge is 0.419 e. The summed E-state index contributed by atoms with van der Waals surface area (Å²) in [5.41, 5.74) is -0.909. The van der Waals surface area contributed by atoms with Gasteiger partial charge in [0.1, 0.15) is 5.82 Å². The molecular weight excluding hydrogens is 246 g/mol. The second-order valence-corrected chi connectivity index (χ2v) is 3.82. The lowest BCUT2D eigenvalue weighted by molar-refractivity contribution is -0.140. The lowest BCUT2D eigenvalue weighted by atomic mass is 10.1. The van der Waals surface area contributed by atoms with Crippen LogP contribution in [0.2, 0.25) is 0 Å². The van der Waals surface area contributed by atoms with Crippen LogP contribution in [0.1, 0.15) is 24.5 Å². The van der Waals surface area contributed by atoms with E-state index in [0.717, 1.165) is 12.1 Å². The Morgan fingerprint density at radius 1 is 1.39 bits per heavy atom. The number of hydrogen-bond acceptors (Lipinski definition) is 1. The molecule has 0 bridgehead atoms. The maximum atomic E-state index is 13.0. The molecule has 0 amide bonds. The molecule has 0 aliphatic carbocycles. The number of hydrogen-bond donors (Lipinski definition) is 1. The molecule has 98 valence electrons. The second-order valence-electron chi connectivity index (χ2n) is 3.82. The molecule has 0 spiro atoms. The first-order valence-electron chi connectivity index (χ1n) is 5.43. The van der Waals surface area contributed by atoms with Crippen molar-refractivity contribution in [1.29, 1.82) is 0 Å². The molecular formula is C13H13F4N. The predicted molar refractivity (Wildman–Crippen MR) is 61.2 cm³/mol. The number of nitrogens with one attached hydrogen (secondary N) is 1. The predicted octanol–water partition coefficient (Wildman–Crippen LogP) is 3.35. The maximum absolute atomic E-state index is 13.0. The third kappa shape index (κ3) is 3.74. The summed E-state index contributed by atoms with van der Waals surface area (Å²) in [7, 11) is 0.